The second kappa shape index (κ2) is 7.43. The highest BCUT2D eigenvalue weighted by Gasteiger charge is 2.38. The van der Waals surface area contributed by atoms with E-state index in [1.54, 1.807) is 24.1 Å². The molecule has 4 rings (SSSR count). The highest BCUT2D eigenvalue weighted by molar-refractivity contribution is 5.80. The molecule has 0 bridgehead atoms. The Kier molecular flexibility index (Phi) is 4.98. The molecule has 0 spiro atoms. The molecular weight excluding hydrogens is 361 g/mol. The second-order valence-corrected chi connectivity index (χ2v) is 7.55. The van der Waals surface area contributed by atoms with E-state index >= 15 is 0 Å². The monoisotopic (exact) mass is 385 g/mol. The standard InChI is InChI=1S/C22H24FNO4/c1-27-19-7-2-15-12-16(14-28-20(15)13-19)21(25)24-10-8-22(26,9-11-24)17-3-5-18(23)6-4-17/h2-7,13,16,26H,8-12,14H2,1H3. The Morgan fingerprint density at radius 1 is 1.21 bits per heavy atom. The second-order valence-electron chi connectivity index (χ2n) is 7.55. The number of piperidine rings is 1. The number of nitrogens with zero attached hydrogens (tertiary/aromatic N) is 1. The lowest BCUT2D eigenvalue weighted by atomic mass is 9.84. The van der Waals surface area contributed by atoms with Gasteiger partial charge in [0.2, 0.25) is 5.91 Å². The van der Waals surface area contributed by atoms with E-state index in [0.717, 1.165) is 17.1 Å². The number of benzene rings is 2. The van der Waals surface area contributed by atoms with Crippen LogP contribution in [0.15, 0.2) is 42.5 Å². The molecule has 1 fully saturated rings. The number of rotatable bonds is 3. The Morgan fingerprint density at radius 2 is 1.93 bits per heavy atom. The number of amides is 1. The normalized spacial score (nSPS) is 20.8. The van der Waals surface area contributed by atoms with Crippen LogP contribution in [0.2, 0.25) is 0 Å². The van der Waals surface area contributed by atoms with Gasteiger partial charge in [0, 0.05) is 19.2 Å². The van der Waals surface area contributed by atoms with Crippen molar-refractivity contribution in [1.29, 1.82) is 0 Å². The van der Waals surface area contributed by atoms with Crippen molar-refractivity contribution in [2.75, 3.05) is 26.8 Å². The Bertz CT molecular complexity index is 859. The van der Waals surface area contributed by atoms with Crippen LogP contribution in [0.4, 0.5) is 4.39 Å². The first-order valence-corrected chi connectivity index (χ1v) is 9.55. The molecule has 1 atom stereocenters. The van der Waals surface area contributed by atoms with Gasteiger partial charge in [0.15, 0.2) is 0 Å². The van der Waals surface area contributed by atoms with Crippen LogP contribution < -0.4 is 9.47 Å². The molecule has 2 aliphatic rings. The molecule has 1 saturated heterocycles. The molecule has 1 N–H and O–H groups in total. The number of aliphatic hydroxyl groups is 1. The molecule has 148 valence electrons. The predicted octanol–water partition coefficient (Wildman–Crippen LogP) is 2.90. The van der Waals surface area contributed by atoms with E-state index in [2.05, 4.69) is 0 Å². The number of likely N-dealkylation sites (tertiary alicyclic amines) is 1. The third kappa shape index (κ3) is 3.56. The van der Waals surface area contributed by atoms with Gasteiger partial charge in [-0.15, -0.1) is 0 Å². The molecule has 1 amide bonds. The minimum atomic E-state index is -1.02. The summed E-state index contributed by atoms with van der Waals surface area (Å²) >= 11 is 0. The lowest BCUT2D eigenvalue weighted by Crippen LogP contribution is -2.48. The van der Waals surface area contributed by atoms with E-state index < -0.39 is 5.60 Å². The van der Waals surface area contributed by atoms with E-state index in [-0.39, 0.29) is 17.6 Å². The fourth-order valence-corrected chi connectivity index (χ4v) is 4.04. The average Bonchev–Trinajstić information content (AvgIpc) is 2.73. The molecule has 6 heteroatoms. The van der Waals surface area contributed by atoms with Gasteiger partial charge < -0.3 is 19.5 Å². The van der Waals surface area contributed by atoms with Crippen LogP contribution in [0.3, 0.4) is 0 Å². The molecule has 0 saturated carbocycles. The number of fused-ring (bicyclic) bond motifs is 1. The van der Waals surface area contributed by atoms with Gasteiger partial charge >= 0.3 is 0 Å². The van der Waals surface area contributed by atoms with Gasteiger partial charge in [-0.05, 0) is 48.6 Å². The molecule has 0 radical (unpaired) electrons. The summed E-state index contributed by atoms with van der Waals surface area (Å²) in [6.07, 6.45) is 1.51. The molecule has 0 aromatic heterocycles. The Balaban J connectivity index is 1.39. The van der Waals surface area contributed by atoms with Crippen molar-refractivity contribution in [1.82, 2.24) is 4.90 Å². The van der Waals surface area contributed by atoms with Gasteiger partial charge in [-0.25, -0.2) is 4.39 Å². The average molecular weight is 385 g/mol. The summed E-state index contributed by atoms with van der Waals surface area (Å²) in [5.74, 6) is 1.02. The summed E-state index contributed by atoms with van der Waals surface area (Å²) in [4.78, 5) is 14.8. The van der Waals surface area contributed by atoms with Crippen LogP contribution in [0, 0.1) is 11.7 Å². The Labute approximate surface area is 163 Å². The number of hydrogen-bond acceptors (Lipinski definition) is 4. The quantitative estimate of drug-likeness (QED) is 0.883. The summed E-state index contributed by atoms with van der Waals surface area (Å²) in [7, 11) is 1.61. The lowest BCUT2D eigenvalue weighted by Gasteiger charge is -2.40. The highest BCUT2D eigenvalue weighted by atomic mass is 19.1. The fraction of sp³-hybridized carbons (Fsp3) is 0.409. The molecule has 2 aromatic carbocycles. The van der Waals surface area contributed by atoms with Crippen LogP contribution >= 0.6 is 0 Å². The minimum Gasteiger partial charge on any atom is -0.497 e. The Hall–Kier alpha value is -2.60. The number of ether oxygens (including phenoxy) is 2. The summed E-state index contributed by atoms with van der Waals surface area (Å²) in [6.45, 7) is 1.29. The number of methoxy groups -OCH3 is 1. The van der Waals surface area contributed by atoms with E-state index in [9.17, 15) is 14.3 Å². The first-order chi connectivity index (χ1) is 13.5. The van der Waals surface area contributed by atoms with E-state index in [0.29, 0.717) is 44.5 Å². The number of halogens is 1. The smallest absolute Gasteiger partial charge is 0.229 e. The van der Waals surface area contributed by atoms with Crippen LogP contribution in [-0.2, 0) is 16.8 Å². The van der Waals surface area contributed by atoms with Gasteiger partial charge in [-0.2, -0.15) is 0 Å². The highest BCUT2D eigenvalue weighted by Crippen LogP contribution is 2.35. The maximum absolute atomic E-state index is 13.1. The van der Waals surface area contributed by atoms with Crippen LogP contribution in [0.1, 0.15) is 24.0 Å². The van der Waals surface area contributed by atoms with E-state index in [1.807, 2.05) is 18.2 Å². The van der Waals surface area contributed by atoms with Crippen LogP contribution in [0.5, 0.6) is 11.5 Å². The maximum atomic E-state index is 13.1. The summed E-state index contributed by atoms with van der Waals surface area (Å²) < 4.78 is 24.2. The predicted molar refractivity (Wildman–Crippen MR) is 102 cm³/mol. The van der Waals surface area contributed by atoms with E-state index in [1.165, 1.54) is 12.1 Å². The third-order valence-corrected chi connectivity index (χ3v) is 5.81. The largest absolute Gasteiger partial charge is 0.497 e. The number of carbonyl (C=O) groups excluding carboxylic acids is 1. The molecule has 28 heavy (non-hydrogen) atoms. The minimum absolute atomic E-state index is 0.0580. The molecule has 2 aromatic rings. The number of carbonyl (C=O) groups is 1. The van der Waals surface area contributed by atoms with Crippen molar-refractivity contribution >= 4 is 5.91 Å². The van der Waals surface area contributed by atoms with Crippen molar-refractivity contribution in [3.05, 3.63) is 59.4 Å². The van der Waals surface area contributed by atoms with Gasteiger partial charge in [0.1, 0.15) is 23.9 Å². The third-order valence-electron chi connectivity index (χ3n) is 5.81. The van der Waals surface area contributed by atoms with Crippen molar-refractivity contribution < 1.29 is 23.8 Å². The summed E-state index contributed by atoms with van der Waals surface area (Å²) in [6, 6.07) is 11.6. The zero-order chi connectivity index (χ0) is 19.7. The van der Waals surface area contributed by atoms with Gasteiger partial charge in [0.25, 0.3) is 0 Å². The number of hydrogen-bond donors (Lipinski definition) is 1. The van der Waals surface area contributed by atoms with Crippen molar-refractivity contribution in [3.63, 3.8) is 0 Å². The lowest BCUT2D eigenvalue weighted by molar-refractivity contribution is -0.141. The van der Waals surface area contributed by atoms with Crippen LogP contribution in [0.25, 0.3) is 0 Å². The first-order valence-electron chi connectivity index (χ1n) is 9.55. The summed E-state index contributed by atoms with van der Waals surface area (Å²) in [5.41, 5.74) is 0.687. The van der Waals surface area contributed by atoms with Gasteiger partial charge in [-0.3, -0.25) is 4.79 Å². The molecule has 1 unspecified atom stereocenters. The summed E-state index contributed by atoms with van der Waals surface area (Å²) in [5, 5.41) is 10.9. The zero-order valence-electron chi connectivity index (χ0n) is 15.9. The zero-order valence-corrected chi connectivity index (χ0v) is 15.9. The van der Waals surface area contributed by atoms with Crippen molar-refractivity contribution in [2.45, 2.75) is 24.9 Å². The topological polar surface area (TPSA) is 59.0 Å². The fourth-order valence-electron chi connectivity index (χ4n) is 4.04. The molecule has 5 nitrogen and oxygen atoms in total. The van der Waals surface area contributed by atoms with Gasteiger partial charge in [-0.1, -0.05) is 18.2 Å². The van der Waals surface area contributed by atoms with E-state index in [4.69, 9.17) is 9.47 Å². The SMILES string of the molecule is COc1ccc2c(c1)OCC(C(=O)N1CCC(O)(c3ccc(F)cc3)CC1)C2. The molecule has 0 aliphatic carbocycles. The van der Waals surface area contributed by atoms with Crippen molar-refractivity contribution in [2.24, 2.45) is 5.92 Å². The molecule has 2 aliphatic heterocycles. The molecular formula is C22H24FNO4. The Morgan fingerprint density at radius 3 is 2.61 bits per heavy atom. The van der Waals surface area contributed by atoms with Gasteiger partial charge in [0.05, 0.1) is 18.6 Å². The van der Waals surface area contributed by atoms with Crippen molar-refractivity contribution in [3.8, 4) is 11.5 Å². The maximum Gasteiger partial charge on any atom is 0.229 e. The first kappa shape index (κ1) is 18.7. The van der Waals surface area contributed by atoms with Crippen LogP contribution in [-0.4, -0.2) is 42.7 Å². The molecule has 2 heterocycles.